The fourth-order valence-electron chi connectivity index (χ4n) is 3.40. The van der Waals surface area contributed by atoms with E-state index in [0.29, 0.717) is 18.4 Å². The molecule has 3 rings (SSSR count). The van der Waals surface area contributed by atoms with E-state index in [1.165, 1.54) is 6.92 Å². The number of rotatable bonds is 3. The molecule has 0 radical (unpaired) electrons. The summed E-state index contributed by atoms with van der Waals surface area (Å²) in [5, 5.41) is 10.8. The molecule has 2 heterocycles. The molecule has 1 aliphatic carbocycles. The van der Waals surface area contributed by atoms with Gasteiger partial charge < -0.3 is 5.32 Å². The summed E-state index contributed by atoms with van der Waals surface area (Å²) in [6.45, 7) is 4.95. The molecule has 1 unspecified atom stereocenters. The van der Waals surface area contributed by atoms with Crippen LogP contribution in [0.15, 0.2) is 15.6 Å². The Morgan fingerprint density at radius 2 is 2.10 bits per heavy atom. The van der Waals surface area contributed by atoms with E-state index in [1.807, 2.05) is 6.92 Å². The molecule has 30 heavy (non-hydrogen) atoms. The minimum absolute atomic E-state index is 0.0359. The molecule has 1 aliphatic rings. The largest absolute Gasteiger partial charge is 0.433 e. The lowest BCUT2D eigenvalue weighted by atomic mass is 10.0. The number of hydrogen-bond donors (Lipinski definition) is 2. The molecule has 3 N–H and O–H groups in total. The molecule has 2 aromatic rings. The van der Waals surface area contributed by atoms with E-state index < -0.39 is 38.7 Å². The molecule has 2 atom stereocenters. The van der Waals surface area contributed by atoms with E-state index in [1.54, 1.807) is 6.92 Å². The number of nitrogens with two attached hydrogens (primary N) is 1. The Kier molecular flexibility index (Phi) is 5.62. The number of anilines is 1. The van der Waals surface area contributed by atoms with Crippen LogP contribution in [0.1, 0.15) is 36.4 Å². The SMILES string of the molecule is CCn1cc(F)c([S@@](N)(=O)=NC(=O)Nc2c(C)c(C(F)(F)F)nc3c2CC(C)C3)n1. The van der Waals surface area contributed by atoms with E-state index in [4.69, 9.17) is 5.14 Å². The number of nitrogens with one attached hydrogen (secondary N) is 1. The Bertz CT molecular complexity index is 1130. The van der Waals surface area contributed by atoms with Crippen LogP contribution in [0, 0.1) is 18.7 Å². The minimum atomic E-state index is -4.72. The number of carbonyl (C=O) groups excluding carboxylic acids is 1. The van der Waals surface area contributed by atoms with Crippen LogP contribution in [-0.2, 0) is 35.5 Å². The first-order valence-electron chi connectivity index (χ1n) is 9.01. The molecule has 0 spiro atoms. The monoisotopic (exact) mass is 448 g/mol. The molecule has 2 amide bonds. The molecule has 8 nitrogen and oxygen atoms in total. The third-order valence-corrected chi connectivity index (χ3v) is 6.00. The molecule has 0 aromatic carbocycles. The smallest absolute Gasteiger partial charge is 0.305 e. The van der Waals surface area contributed by atoms with Crippen molar-refractivity contribution in [2.75, 3.05) is 5.32 Å². The quantitative estimate of drug-likeness (QED) is 0.700. The Morgan fingerprint density at radius 3 is 2.67 bits per heavy atom. The van der Waals surface area contributed by atoms with Crippen LogP contribution in [0.3, 0.4) is 0 Å². The van der Waals surface area contributed by atoms with Crippen LogP contribution in [0.2, 0.25) is 0 Å². The number of aromatic nitrogens is 3. The average molecular weight is 448 g/mol. The number of halogens is 4. The summed E-state index contributed by atoms with van der Waals surface area (Å²) in [5.74, 6) is -0.969. The lowest BCUT2D eigenvalue weighted by molar-refractivity contribution is -0.141. The van der Waals surface area contributed by atoms with Crippen molar-refractivity contribution in [3.05, 3.63) is 34.5 Å². The number of alkyl halides is 3. The van der Waals surface area contributed by atoms with Crippen LogP contribution < -0.4 is 10.5 Å². The van der Waals surface area contributed by atoms with Gasteiger partial charge in [0.1, 0.15) is 5.69 Å². The molecule has 164 valence electrons. The van der Waals surface area contributed by atoms with E-state index in [-0.39, 0.29) is 29.4 Å². The van der Waals surface area contributed by atoms with Crippen molar-refractivity contribution in [1.82, 2.24) is 14.8 Å². The van der Waals surface area contributed by atoms with Gasteiger partial charge in [-0.3, -0.25) is 4.68 Å². The van der Waals surface area contributed by atoms with Crippen LogP contribution in [0.25, 0.3) is 0 Å². The maximum absolute atomic E-state index is 14.0. The zero-order valence-electron chi connectivity index (χ0n) is 16.4. The maximum atomic E-state index is 14.0. The molecule has 0 fully saturated rings. The topological polar surface area (TPSA) is 115 Å². The highest BCUT2D eigenvalue weighted by Crippen LogP contribution is 2.40. The van der Waals surface area contributed by atoms with Gasteiger partial charge in [-0.1, -0.05) is 6.92 Å². The Labute approximate surface area is 170 Å². The highest BCUT2D eigenvalue weighted by Gasteiger charge is 2.38. The third-order valence-electron chi connectivity index (χ3n) is 4.73. The van der Waals surface area contributed by atoms with E-state index >= 15 is 0 Å². The summed E-state index contributed by atoms with van der Waals surface area (Å²) in [6.07, 6.45) is -3.04. The van der Waals surface area contributed by atoms with Gasteiger partial charge in [0.05, 0.1) is 11.9 Å². The molecule has 0 bridgehead atoms. The number of amides is 2. The first-order valence-corrected chi connectivity index (χ1v) is 10.6. The first kappa shape index (κ1) is 22.2. The number of urea groups is 1. The zero-order valence-corrected chi connectivity index (χ0v) is 17.2. The molecule has 0 saturated carbocycles. The van der Waals surface area contributed by atoms with E-state index in [2.05, 4.69) is 19.8 Å². The van der Waals surface area contributed by atoms with Crippen molar-refractivity contribution in [1.29, 1.82) is 0 Å². The van der Waals surface area contributed by atoms with Crippen molar-refractivity contribution < 1.29 is 26.6 Å². The maximum Gasteiger partial charge on any atom is 0.433 e. The van der Waals surface area contributed by atoms with Crippen molar-refractivity contribution >= 4 is 21.6 Å². The predicted octanol–water partition coefficient (Wildman–Crippen LogP) is 3.43. The van der Waals surface area contributed by atoms with Crippen molar-refractivity contribution in [3.63, 3.8) is 0 Å². The van der Waals surface area contributed by atoms with Crippen molar-refractivity contribution in [2.24, 2.45) is 15.4 Å². The van der Waals surface area contributed by atoms with Gasteiger partial charge in [-0.05, 0) is 38.2 Å². The van der Waals surface area contributed by atoms with Gasteiger partial charge in [0.25, 0.3) is 0 Å². The minimum Gasteiger partial charge on any atom is -0.305 e. The summed E-state index contributed by atoms with van der Waals surface area (Å²) in [7, 11) is -4.06. The number of pyridine rings is 1. The lowest BCUT2D eigenvalue weighted by Crippen LogP contribution is -2.21. The van der Waals surface area contributed by atoms with Gasteiger partial charge in [0.15, 0.2) is 15.7 Å². The molecule has 13 heteroatoms. The molecule has 0 aliphatic heterocycles. The molecule has 0 saturated heterocycles. The van der Waals surface area contributed by atoms with Gasteiger partial charge in [0, 0.05) is 17.8 Å². The van der Waals surface area contributed by atoms with Crippen LogP contribution in [0.5, 0.6) is 0 Å². The summed E-state index contributed by atoms with van der Waals surface area (Å²) in [6, 6.07) is -1.27. The second kappa shape index (κ2) is 7.61. The second-order valence-corrected chi connectivity index (χ2v) is 8.83. The van der Waals surface area contributed by atoms with E-state index in [9.17, 15) is 26.6 Å². The number of carbonyl (C=O) groups is 1. The van der Waals surface area contributed by atoms with Gasteiger partial charge in [-0.15, -0.1) is 4.36 Å². The number of aryl methyl sites for hydroxylation is 1. The second-order valence-electron chi connectivity index (χ2n) is 7.12. The van der Waals surface area contributed by atoms with E-state index in [0.717, 1.165) is 10.9 Å². The van der Waals surface area contributed by atoms with Gasteiger partial charge in [-0.25, -0.2) is 23.5 Å². The van der Waals surface area contributed by atoms with Crippen LogP contribution in [-0.4, -0.2) is 25.0 Å². The van der Waals surface area contributed by atoms with Crippen LogP contribution in [0.4, 0.5) is 28.0 Å². The Hall–Kier alpha value is -2.54. The highest BCUT2D eigenvalue weighted by molar-refractivity contribution is 7.91. The lowest BCUT2D eigenvalue weighted by Gasteiger charge is -2.17. The third kappa shape index (κ3) is 4.17. The first-order chi connectivity index (χ1) is 13.8. The number of nitrogens with zero attached hydrogens (tertiary/aromatic N) is 4. The number of fused-ring (bicyclic) bond motifs is 1. The van der Waals surface area contributed by atoms with Gasteiger partial charge in [0.2, 0.25) is 5.03 Å². The molecular weight excluding hydrogens is 428 g/mol. The standard InChI is InChI=1S/C17H20F4N6O2S/c1-4-27-7-11(18)15(25-27)30(22,29)26-16(28)24-13-9(3)14(17(19,20)21)23-12-6-8(2)5-10(12)13/h7-8H,4-6H2,1-3H3,(H3,22,23,24,26,28,29)/t8?,30-/m0/s1. The molecular formula is C17H20F4N6O2S. The Balaban J connectivity index is 2.03. The van der Waals surface area contributed by atoms with Crippen LogP contribution >= 0.6 is 0 Å². The van der Waals surface area contributed by atoms with Crippen molar-refractivity contribution in [3.8, 4) is 0 Å². The average Bonchev–Trinajstić information content (AvgIpc) is 3.18. The number of hydrogen-bond acceptors (Lipinski definition) is 4. The van der Waals surface area contributed by atoms with Crippen molar-refractivity contribution in [2.45, 2.75) is 51.4 Å². The van der Waals surface area contributed by atoms with Gasteiger partial charge >= 0.3 is 12.2 Å². The molecule has 2 aromatic heterocycles. The normalized spacial score (nSPS) is 18.1. The summed E-state index contributed by atoms with van der Waals surface area (Å²) < 4.78 is 71.1. The summed E-state index contributed by atoms with van der Waals surface area (Å²) in [5.41, 5.74) is -0.811. The summed E-state index contributed by atoms with van der Waals surface area (Å²) in [4.78, 5) is 16.1. The summed E-state index contributed by atoms with van der Waals surface area (Å²) >= 11 is 0. The highest BCUT2D eigenvalue weighted by atomic mass is 32.2. The van der Waals surface area contributed by atoms with Gasteiger partial charge in [-0.2, -0.15) is 18.3 Å². The zero-order chi connectivity index (χ0) is 22.4. The Morgan fingerprint density at radius 1 is 1.43 bits per heavy atom. The fraction of sp³-hybridized carbons (Fsp3) is 0.471. The predicted molar refractivity (Wildman–Crippen MR) is 100 cm³/mol. The fourth-order valence-corrected chi connectivity index (χ4v) is 4.33.